The van der Waals surface area contributed by atoms with Gasteiger partial charge in [-0.3, -0.25) is 4.79 Å². The minimum Gasteiger partial charge on any atom is -0.369 e. The molecule has 1 aliphatic rings. The first kappa shape index (κ1) is 21.1. The second-order valence-corrected chi connectivity index (χ2v) is 8.10. The molecule has 0 spiro atoms. The Morgan fingerprint density at radius 1 is 1.10 bits per heavy atom. The molecule has 1 aromatic heterocycles. The quantitative estimate of drug-likeness (QED) is 0.685. The summed E-state index contributed by atoms with van der Waals surface area (Å²) >= 11 is 0. The van der Waals surface area contributed by atoms with Crippen molar-refractivity contribution in [3.63, 3.8) is 0 Å². The number of amides is 1. The van der Waals surface area contributed by atoms with Crippen molar-refractivity contribution in [3.05, 3.63) is 77.4 Å². The summed E-state index contributed by atoms with van der Waals surface area (Å²) < 4.78 is 15.8. The molecule has 1 saturated heterocycles. The van der Waals surface area contributed by atoms with Gasteiger partial charge in [-0.25, -0.2) is 9.07 Å². The van der Waals surface area contributed by atoms with Gasteiger partial charge >= 0.3 is 0 Å². The average Bonchev–Trinajstić information content (AvgIpc) is 3.17. The maximum absolute atomic E-state index is 14.1. The Bertz CT molecular complexity index is 1060. The summed E-state index contributed by atoms with van der Waals surface area (Å²) in [5, 5.41) is 7.51. The van der Waals surface area contributed by atoms with Gasteiger partial charge in [-0.2, -0.15) is 5.10 Å². The number of nitrogens with one attached hydrogen (secondary N) is 1. The highest BCUT2D eigenvalue weighted by molar-refractivity contribution is 5.95. The van der Waals surface area contributed by atoms with Gasteiger partial charge in [0.2, 0.25) is 0 Å². The summed E-state index contributed by atoms with van der Waals surface area (Å²) in [7, 11) is 2.10. The summed E-state index contributed by atoms with van der Waals surface area (Å²) in [6, 6.07) is 14.1. The summed E-state index contributed by atoms with van der Waals surface area (Å²) in [6.45, 7) is 7.36. The van der Waals surface area contributed by atoms with Crippen molar-refractivity contribution in [3.8, 4) is 5.69 Å². The van der Waals surface area contributed by atoms with E-state index >= 15 is 0 Å². The van der Waals surface area contributed by atoms with E-state index in [1.807, 2.05) is 50.2 Å². The van der Waals surface area contributed by atoms with Crippen LogP contribution in [0.2, 0.25) is 0 Å². The number of carbonyl (C=O) groups excluding carboxylic acids is 1. The monoisotopic (exact) mass is 421 g/mol. The molecule has 2 aromatic carbocycles. The Hall–Kier alpha value is -3.19. The summed E-state index contributed by atoms with van der Waals surface area (Å²) in [5.41, 5.74) is 3.80. The lowest BCUT2D eigenvalue weighted by atomic mass is 10.0. The highest BCUT2D eigenvalue weighted by Crippen LogP contribution is 2.28. The predicted molar refractivity (Wildman–Crippen MR) is 120 cm³/mol. The van der Waals surface area contributed by atoms with E-state index in [-0.39, 0.29) is 17.8 Å². The van der Waals surface area contributed by atoms with Crippen LogP contribution in [0, 0.1) is 12.7 Å². The molecule has 1 fully saturated rings. The predicted octanol–water partition coefficient (Wildman–Crippen LogP) is 3.56. The van der Waals surface area contributed by atoms with E-state index in [0.717, 1.165) is 43.1 Å². The third-order valence-electron chi connectivity index (χ3n) is 5.81. The number of hydrogen-bond acceptors (Lipinski definition) is 4. The Kier molecular flexibility index (Phi) is 6.04. The molecule has 0 bridgehead atoms. The molecular weight excluding hydrogens is 393 g/mol. The fraction of sp³-hybridized carbons (Fsp3) is 0.333. The molecule has 162 valence electrons. The van der Waals surface area contributed by atoms with Crippen LogP contribution >= 0.6 is 0 Å². The molecule has 1 N–H and O–H groups in total. The van der Waals surface area contributed by atoms with Crippen molar-refractivity contribution in [2.24, 2.45) is 0 Å². The van der Waals surface area contributed by atoms with Gasteiger partial charge in [-0.05, 0) is 51.2 Å². The smallest absolute Gasteiger partial charge is 0.255 e. The maximum atomic E-state index is 14.1. The standard InChI is InChI=1S/C24H28FN5O/c1-17(21-15-19(25)9-10-23(21)29-13-11-28(3)12-14-29)26-24(31)22-16-30(27-18(22)2)20-7-5-4-6-8-20/h4-10,15-17H,11-14H2,1-3H3,(H,26,31). The van der Waals surface area contributed by atoms with Crippen LogP contribution in [-0.2, 0) is 0 Å². The molecule has 2 heterocycles. The van der Waals surface area contributed by atoms with E-state index in [0.29, 0.717) is 11.3 Å². The third-order valence-corrected chi connectivity index (χ3v) is 5.81. The molecule has 4 rings (SSSR count). The van der Waals surface area contributed by atoms with E-state index in [1.54, 1.807) is 10.9 Å². The van der Waals surface area contributed by atoms with Gasteiger partial charge in [0.05, 0.1) is 23.0 Å². The molecule has 31 heavy (non-hydrogen) atoms. The lowest BCUT2D eigenvalue weighted by molar-refractivity contribution is 0.0939. The number of piperazine rings is 1. The maximum Gasteiger partial charge on any atom is 0.255 e. The van der Waals surface area contributed by atoms with Crippen LogP contribution in [0.15, 0.2) is 54.7 Å². The number of aromatic nitrogens is 2. The number of rotatable bonds is 5. The fourth-order valence-corrected chi connectivity index (χ4v) is 3.96. The van der Waals surface area contributed by atoms with Gasteiger partial charge in [0.1, 0.15) is 5.82 Å². The van der Waals surface area contributed by atoms with Crippen LogP contribution in [0.4, 0.5) is 10.1 Å². The van der Waals surface area contributed by atoms with Gasteiger partial charge in [0.25, 0.3) is 5.91 Å². The largest absolute Gasteiger partial charge is 0.369 e. The van der Waals surface area contributed by atoms with E-state index < -0.39 is 0 Å². The number of halogens is 1. The summed E-state index contributed by atoms with van der Waals surface area (Å²) in [5.74, 6) is -0.525. The molecule has 0 aliphatic carbocycles. The number of aryl methyl sites for hydroxylation is 1. The molecule has 1 amide bonds. The van der Waals surface area contributed by atoms with Gasteiger partial charge in [-0.1, -0.05) is 18.2 Å². The fourth-order valence-electron chi connectivity index (χ4n) is 3.96. The van der Waals surface area contributed by atoms with E-state index in [4.69, 9.17) is 0 Å². The van der Waals surface area contributed by atoms with E-state index in [9.17, 15) is 9.18 Å². The molecule has 0 radical (unpaired) electrons. The van der Waals surface area contributed by atoms with Crippen molar-refractivity contribution in [1.82, 2.24) is 20.0 Å². The van der Waals surface area contributed by atoms with Gasteiger partial charge < -0.3 is 15.1 Å². The lowest BCUT2D eigenvalue weighted by Gasteiger charge is -2.36. The normalized spacial score (nSPS) is 15.7. The van der Waals surface area contributed by atoms with Crippen LogP contribution in [-0.4, -0.2) is 53.8 Å². The van der Waals surface area contributed by atoms with Gasteiger partial charge in [0.15, 0.2) is 0 Å². The Balaban J connectivity index is 1.55. The number of anilines is 1. The second-order valence-electron chi connectivity index (χ2n) is 8.10. The van der Waals surface area contributed by atoms with Gasteiger partial charge in [-0.15, -0.1) is 0 Å². The number of carbonyl (C=O) groups is 1. The molecule has 6 nitrogen and oxygen atoms in total. The van der Waals surface area contributed by atoms with Crippen LogP contribution in [0.5, 0.6) is 0 Å². The van der Waals surface area contributed by atoms with Crippen molar-refractivity contribution in [2.75, 3.05) is 38.1 Å². The SMILES string of the molecule is Cc1nn(-c2ccccc2)cc1C(=O)NC(C)c1cc(F)ccc1N1CCN(C)CC1. The van der Waals surface area contributed by atoms with E-state index in [1.165, 1.54) is 12.1 Å². The molecular formula is C24H28FN5O. The zero-order chi connectivity index (χ0) is 22.0. The van der Waals surface area contributed by atoms with Crippen LogP contribution in [0.25, 0.3) is 5.69 Å². The first-order chi connectivity index (χ1) is 14.9. The molecule has 1 aliphatic heterocycles. The number of hydrogen-bond donors (Lipinski definition) is 1. The zero-order valence-corrected chi connectivity index (χ0v) is 18.2. The molecule has 3 aromatic rings. The Labute approximate surface area is 182 Å². The highest BCUT2D eigenvalue weighted by atomic mass is 19.1. The summed E-state index contributed by atoms with van der Waals surface area (Å²) in [4.78, 5) is 17.6. The molecule has 1 atom stereocenters. The van der Waals surface area contributed by atoms with Crippen LogP contribution < -0.4 is 10.2 Å². The van der Waals surface area contributed by atoms with Crippen LogP contribution in [0.3, 0.4) is 0 Å². The minimum atomic E-state index is -0.350. The highest BCUT2D eigenvalue weighted by Gasteiger charge is 2.23. The van der Waals surface area contributed by atoms with Gasteiger partial charge in [0, 0.05) is 43.6 Å². The van der Waals surface area contributed by atoms with Crippen molar-refractivity contribution in [1.29, 1.82) is 0 Å². The molecule has 1 unspecified atom stereocenters. The Morgan fingerprint density at radius 2 is 1.81 bits per heavy atom. The second kappa shape index (κ2) is 8.89. The number of likely N-dealkylation sites (N-methyl/N-ethyl adjacent to an activating group) is 1. The van der Waals surface area contributed by atoms with Crippen molar-refractivity contribution in [2.45, 2.75) is 19.9 Å². The number of benzene rings is 2. The number of nitrogens with zero attached hydrogens (tertiary/aromatic N) is 4. The Morgan fingerprint density at radius 3 is 2.52 bits per heavy atom. The summed E-state index contributed by atoms with van der Waals surface area (Å²) in [6.07, 6.45) is 1.74. The first-order valence-electron chi connectivity index (χ1n) is 10.6. The zero-order valence-electron chi connectivity index (χ0n) is 18.2. The lowest BCUT2D eigenvalue weighted by Crippen LogP contribution is -2.45. The van der Waals surface area contributed by atoms with Crippen molar-refractivity contribution >= 4 is 11.6 Å². The number of para-hydroxylation sites is 1. The topological polar surface area (TPSA) is 53.4 Å². The first-order valence-corrected chi connectivity index (χ1v) is 10.6. The average molecular weight is 422 g/mol. The van der Waals surface area contributed by atoms with E-state index in [2.05, 4.69) is 27.3 Å². The van der Waals surface area contributed by atoms with Crippen LogP contribution in [0.1, 0.15) is 34.6 Å². The third kappa shape index (κ3) is 4.61. The molecule has 7 heteroatoms. The minimum absolute atomic E-state index is 0.222. The molecule has 0 saturated carbocycles. The van der Waals surface area contributed by atoms with Crippen molar-refractivity contribution < 1.29 is 9.18 Å².